The Kier molecular flexibility index (Phi) is 3.18. The summed E-state index contributed by atoms with van der Waals surface area (Å²) in [5.41, 5.74) is 1.19. The van der Waals surface area contributed by atoms with Gasteiger partial charge in [-0.05, 0) is 55.4 Å². The van der Waals surface area contributed by atoms with Gasteiger partial charge in [-0.1, -0.05) is 33.3 Å². The van der Waals surface area contributed by atoms with Crippen LogP contribution in [-0.4, -0.2) is 16.5 Å². The Morgan fingerprint density at radius 1 is 1.12 bits per heavy atom. The maximum Gasteiger partial charge on any atom is 0.223 e. The number of ketones is 1. The minimum absolute atomic E-state index is 0.182. The summed E-state index contributed by atoms with van der Waals surface area (Å²) in [6.07, 6.45) is 11.3. The molecule has 0 saturated heterocycles. The fourth-order valence-corrected chi connectivity index (χ4v) is 6.24. The van der Waals surface area contributed by atoms with Gasteiger partial charge in [0.05, 0.1) is 0 Å². The zero-order valence-corrected chi connectivity index (χ0v) is 15.2. The normalized spacial score (nSPS) is 43.3. The number of rotatable bonds is 0. The monoisotopic (exact) mass is 328 g/mol. The van der Waals surface area contributed by atoms with Crippen molar-refractivity contribution in [3.05, 3.63) is 35.3 Å². The van der Waals surface area contributed by atoms with Crippen LogP contribution in [0.5, 0.6) is 0 Å². The van der Waals surface area contributed by atoms with E-state index in [9.17, 15) is 9.90 Å². The van der Waals surface area contributed by atoms with Crippen molar-refractivity contribution in [2.75, 3.05) is 0 Å². The zero-order chi connectivity index (χ0) is 17.3. The minimum Gasteiger partial charge on any atom is -0.504 e. The van der Waals surface area contributed by atoms with Crippen molar-refractivity contribution in [2.45, 2.75) is 65.4 Å². The number of aliphatic hydroxyl groups is 1. The summed E-state index contributed by atoms with van der Waals surface area (Å²) < 4.78 is 6.40. The molecule has 0 spiro atoms. The maximum absolute atomic E-state index is 11.8. The quantitative estimate of drug-likeness (QED) is 0.691. The lowest BCUT2D eigenvalue weighted by Crippen LogP contribution is -2.58. The van der Waals surface area contributed by atoms with Crippen LogP contribution in [0.15, 0.2) is 35.3 Å². The highest BCUT2D eigenvalue weighted by Crippen LogP contribution is 2.64. The first-order valence-corrected chi connectivity index (χ1v) is 9.24. The van der Waals surface area contributed by atoms with Gasteiger partial charge >= 0.3 is 0 Å². The molecule has 4 atom stereocenters. The summed E-state index contributed by atoms with van der Waals surface area (Å²) in [6.45, 7) is 9.49. The highest BCUT2D eigenvalue weighted by molar-refractivity contribution is 6.04. The Labute approximate surface area is 144 Å². The highest BCUT2D eigenvalue weighted by atomic mass is 16.5. The van der Waals surface area contributed by atoms with Crippen LogP contribution in [0.4, 0.5) is 0 Å². The molecule has 0 radical (unpaired) electrons. The first-order chi connectivity index (χ1) is 11.2. The summed E-state index contributed by atoms with van der Waals surface area (Å²) in [5, 5.41) is 9.83. The van der Waals surface area contributed by atoms with Crippen LogP contribution in [-0.2, 0) is 9.53 Å². The second-order valence-electron chi connectivity index (χ2n) is 9.36. The molecule has 1 unspecified atom stereocenters. The van der Waals surface area contributed by atoms with Crippen LogP contribution in [0, 0.1) is 22.7 Å². The van der Waals surface area contributed by atoms with E-state index in [2.05, 4.69) is 33.8 Å². The third-order valence-electron chi connectivity index (χ3n) is 7.35. The molecule has 0 bridgehead atoms. The molecule has 4 aliphatic rings. The molecule has 0 aromatic heterocycles. The summed E-state index contributed by atoms with van der Waals surface area (Å²) in [7, 11) is 0. The van der Waals surface area contributed by atoms with Gasteiger partial charge in [-0.3, -0.25) is 4.79 Å². The molecular weight excluding hydrogens is 300 g/mol. The van der Waals surface area contributed by atoms with E-state index in [1.165, 1.54) is 31.8 Å². The lowest BCUT2D eigenvalue weighted by atomic mass is 9.45. The summed E-state index contributed by atoms with van der Waals surface area (Å²) in [4.78, 5) is 11.8. The molecule has 2 saturated carbocycles. The Morgan fingerprint density at radius 3 is 2.62 bits per heavy atom. The second-order valence-corrected chi connectivity index (χ2v) is 9.36. The Hall–Kier alpha value is -1.51. The van der Waals surface area contributed by atoms with Crippen LogP contribution in [0.1, 0.15) is 59.8 Å². The smallest absolute Gasteiger partial charge is 0.223 e. The molecule has 1 N–H and O–H groups in total. The van der Waals surface area contributed by atoms with Crippen LogP contribution < -0.4 is 0 Å². The van der Waals surface area contributed by atoms with Crippen LogP contribution in [0.25, 0.3) is 0 Å². The molecular formula is C21H28O3. The predicted octanol–water partition coefficient (Wildman–Crippen LogP) is 4.85. The first-order valence-electron chi connectivity index (χ1n) is 9.24. The third kappa shape index (κ3) is 2.06. The largest absolute Gasteiger partial charge is 0.504 e. The molecule has 1 heterocycles. The highest BCUT2D eigenvalue weighted by Gasteiger charge is 2.60. The number of fused-ring (bicyclic) bond motifs is 4. The fourth-order valence-electron chi connectivity index (χ4n) is 6.24. The molecule has 0 amide bonds. The van der Waals surface area contributed by atoms with E-state index >= 15 is 0 Å². The van der Waals surface area contributed by atoms with E-state index in [-0.39, 0.29) is 22.6 Å². The van der Waals surface area contributed by atoms with Crippen LogP contribution in [0.2, 0.25) is 0 Å². The van der Waals surface area contributed by atoms with Crippen molar-refractivity contribution in [1.29, 1.82) is 0 Å². The number of ether oxygens (including phenoxy) is 1. The Bertz CT molecular complexity index is 696. The first kappa shape index (κ1) is 16.0. The van der Waals surface area contributed by atoms with Gasteiger partial charge in [0.15, 0.2) is 5.76 Å². The molecule has 3 nitrogen and oxygen atoms in total. The van der Waals surface area contributed by atoms with Crippen molar-refractivity contribution in [1.82, 2.24) is 0 Å². The number of carbonyl (C=O) groups is 1. The van der Waals surface area contributed by atoms with Crippen LogP contribution >= 0.6 is 0 Å². The lowest BCUT2D eigenvalue weighted by molar-refractivity contribution is -0.162. The predicted molar refractivity (Wildman–Crippen MR) is 93.3 cm³/mol. The van der Waals surface area contributed by atoms with E-state index in [0.29, 0.717) is 23.0 Å². The van der Waals surface area contributed by atoms with Gasteiger partial charge in [0, 0.05) is 17.6 Å². The number of hydrogen-bond donors (Lipinski definition) is 1. The Balaban J connectivity index is 1.82. The second kappa shape index (κ2) is 4.77. The van der Waals surface area contributed by atoms with E-state index < -0.39 is 0 Å². The number of allylic oxidation sites excluding steroid dienone is 2. The molecule has 1 aliphatic heterocycles. The molecule has 4 rings (SSSR count). The van der Waals surface area contributed by atoms with Gasteiger partial charge in [-0.2, -0.15) is 0 Å². The zero-order valence-electron chi connectivity index (χ0n) is 15.2. The van der Waals surface area contributed by atoms with Gasteiger partial charge in [-0.15, -0.1) is 0 Å². The molecule has 3 heteroatoms. The van der Waals surface area contributed by atoms with Crippen molar-refractivity contribution >= 4 is 5.78 Å². The molecule has 0 aromatic rings. The van der Waals surface area contributed by atoms with E-state index in [1.807, 2.05) is 0 Å². The average Bonchev–Trinajstić information content (AvgIpc) is 2.46. The van der Waals surface area contributed by atoms with Crippen molar-refractivity contribution < 1.29 is 14.6 Å². The van der Waals surface area contributed by atoms with E-state index in [1.54, 1.807) is 6.08 Å². The van der Waals surface area contributed by atoms with Crippen molar-refractivity contribution in [3.8, 4) is 0 Å². The standard InChI is InChI=1S/C21H28O3/c1-19(2)7-5-8-20(3)17(19)6-9-21(4)18(20)11-13-10-14(22)15(23)12-16(13)24-21/h10-12,17-18,22H,5-9H2,1-4H3/t17-,18?,20-,21-/m0/s1. The van der Waals surface area contributed by atoms with E-state index in [4.69, 9.17) is 4.74 Å². The molecule has 2 fully saturated rings. The third-order valence-corrected chi connectivity index (χ3v) is 7.35. The van der Waals surface area contributed by atoms with Crippen LogP contribution in [0.3, 0.4) is 0 Å². The van der Waals surface area contributed by atoms with Gasteiger partial charge in [-0.25, -0.2) is 0 Å². The maximum atomic E-state index is 11.8. The molecule has 0 aromatic carbocycles. The SMILES string of the molecule is CC1(C)CCC[C@]2(C)C3C=C4C=C(O)C(=O)C=C4O[C@@]3(C)CC[C@@H]12. The summed E-state index contributed by atoms with van der Waals surface area (Å²) in [5.74, 6) is 1.09. The minimum atomic E-state index is -0.358. The van der Waals surface area contributed by atoms with Gasteiger partial charge < -0.3 is 9.84 Å². The lowest BCUT2D eigenvalue weighted by Gasteiger charge is -2.62. The number of aliphatic hydroxyl groups excluding tert-OH is 1. The number of carbonyl (C=O) groups excluding carboxylic acids is 1. The molecule has 3 aliphatic carbocycles. The average molecular weight is 328 g/mol. The number of hydrogen-bond acceptors (Lipinski definition) is 3. The Morgan fingerprint density at radius 2 is 1.88 bits per heavy atom. The fraction of sp³-hybridized carbons (Fsp3) is 0.667. The van der Waals surface area contributed by atoms with Gasteiger partial charge in [0.2, 0.25) is 5.78 Å². The van der Waals surface area contributed by atoms with Crippen molar-refractivity contribution in [3.63, 3.8) is 0 Å². The topological polar surface area (TPSA) is 46.5 Å². The van der Waals surface area contributed by atoms with Gasteiger partial charge in [0.25, 0.3) is 0 Å². The molecule has 130 valence electrons. The molecule has 24 heavy (non-hydrogen) atoms. The van der Waals surface area contributed by atoms with E-state index in [0.717, 1.165) is 12.0 Å². The van der Waals surface area contributed by atoms with Gasteiger partial charge in [0.1, 0.15) is 11.4 Å². The summed E-state index contributed by atoms with van der Waals surface area (Å²) >= 11 is 0. The summed E-state index contributed by atoms with van der Waals surface area (Å²) in [6, 6.07) is 0. The van der Waals surface area contributed by atoms with Crippen molar-refractivity contribution in [2.24, 2.45) is 22.7 Å².